The van der Waals surface area contributed by atoms with E-state index in [2.05, 4.69) is 15.7 Å². The van der Waals surface area contributed by atoms with Crippen LogP contribution in [0.5, 0.6) is 0 Å². The van der Waals surface area contributed by atoms with E-state index >= 15 is 0 Å². The minimum Gasteiger partial charge on any atom is -0.468 e. The number of aromatic nitrogens is 2. The van der Waals surface area contributed by atoms with Gasteiger partial charge in [0.25, 0.3) is 5.91 Å². The summed E-state index contributed by atoms with van der Waals surface area (Å²) >= 11 is 0. The lowest BCUT2D eigenvalue weighted by molar-refractivity contribution is 0.0932. The molecule has 2 unspecified atom stereocenters. The highest BCUT2D eigenvalue weighted by Gasteiger charge is 2.20. The largest absolute Gasteiger partial charge is 0.468 e. The highest BCUT2D eigenvalue weighted by atomic mass is 16.3. The molecule has 130 valence electrons. The summed E-state index contributed by atoms with van der Waals surface area (Å²) in [6, 6.07) is 5.88. The second-order valence-electron chi connectivity index (χ2n) is 6.39. The van der Waals surface area contributed by atoms with Crippen LogP contribution in [0.15, 0.2) is 35.1 Å². The molecule has 7 nitrogen and oxygen atoms in total. The minimum absolute atomic E-state index is 0.00594. The first-order valence-electron chi connectivity index (χ1n) is 8.39. The molecule has 0 spiro atoms. The van der Waals surface area contributed by atoms with Crippen molar-refractivity contribution in [2.75, 3.05) is 33.7 Å². The Balaban J connectivity index is 1.59. The molecule has 3 rings (SSSR count). The monoisotopic (exact) mass is 331 g/mol. The normalized spacial score (nSPS) is 19.4. The average molecular weight is 331 g/mol. The second kappa shape index (κ2) is 7.63. The van der Waals surface area contributed by atoms with Gasteiger partial charge in [-0.2, -0.15) is 5.10 Å². The highest BCUT2D eigenvalue weighted by Crippen LogP contribution is 2.18. The number of furan rings is 1. The van der Waals surface area contributed by atoms with Crippen molar-refractivity contribution in [1.29, 1.82) is 0 Å². The molecule has 1 fully saturated rings. The zero-order chi connectivity index (χ0) is 16.9. The fourth-order valence-corrected chi connectivity index (χ4v) is 3.02. The van der Waals surface area contributed by atoms with Gasteiger partial charge in [-0.25, -0.2) is 0 Å². The molecule has 0 bridgehead atoms. The van der Waals surface area contributed by atoms with Crippen LogP contribution in [-0.4, -0.2) is 54.3 Å². The summed E-state index contributed by atoms with van der Waals surface area (Å²) in [4.78, 5) is 14.4. The summed E-state index contributed by atoms with van der Waals surface area (Å²) in [5.41, 5.74) is 0.456. The zero-order valence-corrected chi connectivity index (χ0v) is 14.2. The molecule has 0 radical (unpaired) electrons. The molecule has 24 heavy (non-hydrogen) atoms. The Labute approximate surface area is 142 Å². The molecular weight excluding hydrogens is 306 g/mol. The van der Waals surface area contributed by atoms with Crippen LogP contribution in [0.3, 0.4) is 0 Å². The van der Waals surface area contributed by atoms with E-state index in [0.29, 0.717) is 18.3 Å². The number of hydrogen-bond donors (Lipinski definition) is 2. The molecule has 1 amide bonds. The SMILES string of the molecule is CN(C)C(CNC(=O)c1ccn(C2CCCNC2)n1)c1ccco1. The van der Waals surface area contributed by atoms with Gasteiger partial charge in [0.2, 0.25) is 0 Å². The summed E-state index contributed by atoms with van der Waals surface area (Å²) in [6.07, 6.45) is 5.77. The van der Waals surface area contributed by atoms with Gasteiger partial charge in [0, 0.05) is 19.3 Å². The van der Waals surface area contributed by atoms with Crippen LogP contribution in [-0.2, 0) is 0 Å². The van der Waals surface area contributed by atoms with Gasteiger partial charge in [-0.15, -0.1) is 0 Å². The van der Waals surface area contributed by atoms with Crippen molar-refractivity contribution in [1.82, 2.24) is 25.3 Å². The predicted octanol–water partition coefficient (Wildman–Crippen LogP) is 1.43. The molecule has 2 N–H and O–H groups in total. The van der Waals surface area contributed by atoms with Crippen molar-refractivity contribution in [3.63, 3.8) is 0 Å². The Morgan fingerprint density at radius 1 is 1.54 bits per heavy atom. The lowest BCUT2D eigenvalue weighted by Gasteiger charge is -2.23. The minimum atomic E-state index is -0.157. The van der Waals surface area contributed by atoms with E-state index in [0.717, 1.165) is 31.7 Å². The van der Waals surface area contributed by atoms with Crippen LogP contribution in [0.4, 0.5) is 0 Å². The first-order chi connectivity index (χ1) is 11.6. The van der Waals surface area contributed by atoms with E-state index in [1.165, 1.54) is 0 Å². The Morgan fingerprint density at radius 3 is 3.08 bits per heavy atom. The maximum absolute atomic E-state index is 12.4. The van der Waals surface area contributed by atoms with Crippen LogP contribution in [0.1, 0.15) is 41.2 Å². The van der Waals surface area contributed by atoms with Gasteiger partial charge in [-0.05, 0) is 51.7 Å². The van der Waals surface area contributed by atoms with Gasteiger partial charge >= 0.3 is 0 Å². The van der Waals surface area contributed by atoms with Crippen molar-refractivity contribution in [2.45, 2.75) is 24.9 Å². The van der Waals surface area contributed by atoms with E-state index in [9.17, 15) is 4.79 Å². The van der Waals surface area contributed by atoms with Crippen molar-refractivity contribution < 1.29 is 9.21 Å². The Bertz CT molecular complexity index is 644. The molecule has 0 saturated carbocycles. The molecule has 1 aliphatic heterocycles. The molecule has 3 heterocycles. The summed E-state index contributed by atoms with van der Waals surface area (Å²) in [5, 5.41) is 10.8. The molecule has 2 aromatic rings. The van der Waals surface area contributed by atoms with Crippen molar-refractivity contribution in [3.05, 3.63) is 42.1 Å². The summed E-state index contributed by atoms with van der Waals surface area (Å²) in [6.45, 7) is 2.44. The number of piperidine rings is 1. The Morgan fingerprint density at radius 2 is 2.42 bits per heavy atom. The summed E-state index contributed by atoms with van der Waals surface area (Å²) in [5.74, 6) is 0.676. The maximum Gasteiger partial charge on any atom is 0.271 e. The lowest BCUT2D eigenvalue weighted by Crippen LogP contribution is -2.35. The number of carbonyl (C=O) groups excluding carboxylic acids is 1. The molecule has 1 saturated heterocycles. The van der Waals surface area contributed by atoms with Gasteiger partial charge in [-0.3, -0.25) is 14.4 Å². The van der Waals surface area contributed by atoms with Crippen LogP contribution in [0.2, 0.25) is 0 Å². The first kappa shape index (κ1) is 16.7. The van der Waals surface area contributed by atoms with E-state index in [-0.39, 0.29) is 11.9 Å². The quantitative estimate of drug-likeness (QED) is 0.838. The number of rotatable bonds is 6. The lowest BCUT2D eigenvalue weighted by atomic mass is 10.1. The standard InChI is InChI=1S/C17H25N5O2/c1-21(2)15(16-6-4-10-24-16)12-19-17(23)14-7-9-22(20-14)13-5-3-8-18-11-13/h4,6-7,9-10,13,15,18H,3,5,8,11-12H2,1-2H3,(H,19,23). The average Bonchev–Trinajstić information content (AvgIpc) is 3.27. The number of amides is 1. The number of nitrogens with zero attached hydrogens (tertiary/aromatic N) is 3. The Hall–Kier alpha value is -2.12. The van der Waals surface area contributed by atoms with E-state index in [1.807, 2.05) is 42.0 Å². The fourth-order valence-electron chi connectivity index (χ4n) is 3.02. The summed E-state index contributed by atoms with van der Waals surface area (Å²) < 4.78 is 7.36. The van der Waals surface area contributed by atoms with Crippen LogP contribution in [0, 0.1) is 0 Å². The predicted molar refractivity (Wildman–Crippen MR) is 90.8 cm³/mol. The van der Waals surface area contributed by atoms with Gasteiger partial charge < -0.3 is 15.1 Å². The third-order valence-corrected chi connectivity index (χ3v) is 4.44. The molecular formula is C17H25N5O2. The van der Waals surface area contributed by atoms with Crippen LogP contribution >= 0.6 is 0 Å². The Kier molecular flexibility index (Phi) is 5.32. The molecule has 7 heteroatoms. The molecule has 0 aliphatic carbocycles. The second-order valence-corrected chi connectivity index (χ2v) is 6.39. The first-order valence-corrected chi connectivity index (χ1v) is 8.39. The van der Waals surface area contributed by atoms with E-state index in [4.69, 9.17) is 4.42 Å². The molecule has 2 atom stereocenters. The van der Waals surface area contributed by atoms with E-state index in [1.54, 1.807) is 12.3 Å². The van der Waals surface area contributed by atoms with Gasteiger partial charge in [0.1, 0.15) is 11.5 Å². The fraction of sp³-hybridized carbons (Fsp3) is 0.529. The number of likely N-dealkylation sites (N-methyl/N-ethyl adjacent to an activating group) is 1. The molecule has 2 aromatic heterocycles. The van der Waals surface area contributed by atoms with Crippen molar-refractivity contribution >= 4 is 5.91 Å². The zero-order valence-electron chi connectivity index (χ0n) is 14.2. The maximum atomic E-state index is 12.4. The number of carbonyl (C=O) groups is 1. The third-order valence-electron chi connectivity index (χ3n) is 4.44. The molecule has 1 aliphatic rings. The van der Waals surface area contributed by atoms with Gasteiger partial charge in [-0.1, -0.05) is 0 Å². The topological polar surface area (TPSA) is 75.3 Å². The van der Waals surface area contributed by atoms with E-state index < -0.39 is 0 Å². The third kappa shape index (κ3) is 3.85. The number of hydrogen-bond acceptors (Lipinski definition) is 5. The van der Waals surface area contributed by atoms with Gasteiger partial charge in [0.05, 0.1) is 18.3 Å². The van der Waals surface area contributed by atoms with Crippen molar-refractivity contribution in [2.24, 2.45) is 0 Å². The smallest absolute Gasteiger partial charge is 0.271 e. The molecule has 0 aromatic carbocycles. The van der Waals surface area contributed by atoms with Crippen LogP contribution < -0.4 is 10.6 Å². The highest BCUT2D eigenvalue weighted by molar-refractivity contribution is 5.92. The van der Waals surface area contributed by atoms with Gasteiger partial charge in [0.15, 0.2) is 0 Å². The number of nitrogens with one attached hydrogen (secondary N) is 2. The van der Waals surface area contributed by atoms with Crippen molar-refractivity contribution in [3.8, 4) is 0 Å². The summed E-state index contributed by atoms with van der Waals surface area (Å²) in [7, 11) is 3.92. The van der Waals surface area contributed by atoms with Crippen LogP contribution in [0.25, 0.3) is 0 Å².